The number of benzene rings is 1. The summed E-state index contributed by atoms with van der Waals surface area (Å²) in [5.41, 5.74) is 0.532. The molecule has 0 aromatic heterocycles. The molecule has 0 saturated carbocycles. The molecule has 0 aliphatic carbocycles. The molecule has 0 spiro atoms. The van der Waals surface area contributed by atoms with Crippen molar-refractivity contribution < 1.29 is 9.90 Å². The van der Waals surface area contributed by atoms with Crippen molar-refractivity contribution in [1.29, 1.82) is 0 Å². The van der Waals surface area contributed by atoms with E-state index in [0.29, 0.717) is 28.7 Å². The third-order valence-corrected chi connectivity index (χ3v) is 4.10. The zero-order valence-corrected chi connectivity index (χ0v) is 12.6. The van der Waals surface area contributed by atoms with Gasteiger partial charge in [0.25, 0.3) is 0 Å². The van der Waals surface area contributed by atoms with Crippen LogP contribution >= 0.6 is 23.2 Å². The van der Waals surface area contributed by atoms with Crippen molar-refractivity contribution in [2.24, 2.45) is 0 Å². The van der Waals surface area contributed by atoms with Gasteiger partial charge in [-0.3, -0.25) is 9.69 Å². The van der Waals surface area contributed by atoms with Gasteiger partial charge < -0.3 is 10.4 Å². The lowest BCUT2D eigenvalue weighted by Crippen LogP contribution is -2.34. The summed E-state index contributed by atoms with van der Waals surface area (Å²) in [5.74, 6) is -0.0993. The highest BCUT2D eigenvalue weighted by Gasteiger charge is 2.23. The fraction of sp³-hybridized carbons (Fsp3) is 0.500. The quantitative estimate of drug-likeness (QED) is 0.878. The predicted molar refractivity (Wildman–Crippen MR) is 81.4 cm³/mol. The third kappa shape index (κ3) is 4.09. The lowest BCUT2D eigenvalue weighted by atomic mass is 10.2. The molecule has 1 fully saturated rings. The number of hydrogen-bond acceptors (Lipinski definition) is 3. The Morgan fingerprint density at radius 1 is 1.45 bits per heavy atom. The summed E-state index contributed by atoms with van der Waals surface area (Å²) in [6.45, 7) is 1.74. The molecule has 1 heterocycles. The van der Waals surface area contributed by atoms with E-state index >= 15 is 0 Å². The molecule has 4 nitrogen and oxygen atoms in total. The summed E-state index contributed by atoms with van der Waals surface area (Å²) in [6.07, 6.45) is 2.45. The Morgan fingerprint density at radius 2 is 2.25 bits per heavy atom. The maximum Gasteiger partial charge on any atom is 0.225 e. The molecule has 1 atom stereocenters. The highest BCUT2D eigenvalue weighted by atomic mass is 35.5. The minimum atomic E-state index is -0.0993. The third-order valence-electron chi connectivity index (χ3n) is 3.54. The van der Waals surface area contributed by atoms with Crippen LogP contribution in [0.5, 0.6) is 0 Å². The SMILES string of the molecule is O=C(CCN1CCC[C@@H]1CO)Nc1cc(Cl)ccc1Cl. The largest absolute Gasteiger partial charge is 0.395 e. The normalized spacial score (nSPS) is 19.2. The molecule has 0 bridgehead atoms. The first-order valence-electron chi connectivity index (χ1n) is 6.70. The van der Waals surface area contributed by atoms with Crippen LogP contribution in [-0.4, -0.2) is 41.7 Å². The number of likely N-dealkylation sites (tertiary alicyclic amines) is 1. The summed E-state index contributed by atoms with van der Waals surface area (Å²) in [4.78, 5) is 14.1. The van der Waals surface area contributed by atoms with Crippen LogP contribution in [0.4, 0.5) is 5.69 Å². The van der Waals surface area contributed by atoms with Crippen molar-refractivity contribution in [3.05, 3.63) is 28.2 Å². The van der Waals surface area contributed by atoms with Gasteiger partial charge in [0.15, 0.2) is 0 Å². The molecule has 1 aliphatic heterocycles. The van der Waals surface area contributed by atoms with Crippen LogP contribution in [-0.2, 0) is 4.79 Å². The van der Waals surface area contributed by atoms with Gasteiger partial charge in [0, 0.05) is 24.0 Å². The number of aliphatic hydroxyl groups is 1. The monoisotopic (exact) mass is 316 g/mol. The zero-order valence-electron chi connectivity index (χ0n) is 11.1. The molecule has 20 heavy (non-hydrogen) atoms. The number of anilines is 1. The smallest absolute Gasteiger partial charge is 0.225 e. The first kappa shape index (κ1) is 15.6. The predicted octanol–water partition coefficient (Wildman–Crippen LogP) is 2.78. The van der Waals surface area contributed by atoms with Gasteiger partial charge in [-0.1, -0.05) is 23.2 Å². The van der Waals surface area contributed by atoms with E-state index in [0.717, 1.165) is 19.4 Å². The minimum absolute atomic E-state index is 0.0993. The second kappa shape index (κ2) is 7.27. The summed E-state index contributed by atoms with van der Waals surface area (Å²) in [7, 11) is 0. The van der Waals surface area contributed by atoms with Crippen LogP contribution in [0, 0.1) is 0 Å². The number of rotatable bonds is 5. The minimum Gasteiger partial charge on any atom is -0.395 e. The first-order chi connectivity index (χ1) is 9.60. The summed E-state index contributed by atoms with van der Waals surface area (Å²) < 4.78 is 0. The molecular formula is C14H18Cl2N2O2. The van der Waals surface area contributed by atoms with Crippen LogP contribution in [0.2, 0.25) is 10.0 Å². The fourth-order valence-corrected chi connectivity index (χ4v) is 2.78. The molecule has 1 aliphatic rings. The highest BCUT2D eigenvalue weighted by Crippen LogP contribution is 2.25. The number of carbonyl (C=O) groups excluding carboxylic acids is 1. The van der Waals surface area contributed by atoms with Crippen LogP contribution in [0.1, 0.15) is 19.3 Å². The van der Waals surface area contributed by atoms with Gasteiger partial charge in [-0.2, -0.15) is 0 Å². The van der Waals surface area contributed by atoms with E-state index in [2.05, 4.69) is 10.2 Å². The van der Waals surface area contributed by atoms with Crippen molar-refractivity contribution in [2.75, 3.05) is 25.0 Å². The topological polar surface area (TPSA) is 52.6 Å². The van der Waals surface area contributed by atoms with E-state index in [1.165, 1.54) is 0 Å². The Kier molecular flexibility index (Phi) is 5.66. The zero-order chi connectivity index (χ0) is 14.5. The van der Waals surface area contributed by atoms with Crippen molar-refractivity contribution >= 4 is 34.8 Å². The van der Waals surface area contributed by atoms with Crippen LogP contribution in [0.3, 0.4) is 0 Å². The fourth-order valence-electron chi connectivity index (χ4n) is 2.45. The van der Waals surface area contributed by atoms with E-state index in [1.807, 2.05) is 0 Å². The Bertz CT molecular complexity index is 482. The van der Waals surface area contributed by atoms with Gasteiger partial charge in [-0.15, -0.1) is 0 Å². The Labute approximate surface area is 128 Å². The van der Waals surface area contributed by atoms with Crippen LogP contribution in [0.15, 0.2) is 18.2 Å². The Balaban J connectivity index is 1.85. The first-order valence-corrected chi connectivity index (χ1v) is 7.45. The summed E-state index contributed by atoms with van der Waals surface area (Å²) >= 11 is 11.9. The second-order valence-electron chi connectivity index (χ2n) is 4.94. The Hall–Kier alpha value is -0.810. The van der Waals surface area contributed by atoms with Crippen molar-refractivity contribution in [1.82, 2.24) is 4.90 Å². The van der Waals surface area contributed by atoms with Gasteiger partial charge in [-0.05, 0) is 37.6 Å². The van der Waals surface area contributed by atoms with Crippen LogP contribution in [0.25, 0.3) is 0 Å². The van der Waals surface area contributed by atoms with E-state index in [9.17, 15) is 9.90 Å². The molecule has 2 N–H and O–H groups in total. The number of amides is 1. The van der Waals surface area contributed by atoms with Crippen molar-refractivity contribution in [3.8, 4) is 0 Å². The number of carbonyl (C=O) groups is 1. The molecule has 1 aromatic rings. The van der Waals surface area contributed by atoms with E-state index in [-0.39, 0.29) is 18.6 Å². The summed E-state index contributed by atoms with van der Waals surface area (Å²) in [6, 6.07) is 5.16. The average molecular weight is 317 g/mol. The van der Waals surface area contributed by atoms with E-state index < -0.39 is 0 Å². The Morgan fingerprint density at radius 3 is 3.00 bits per heavy atom. The van der Waals surface area contributed by atoms with Gasteiger partial charge in [0.05, 0.1) is 17.3 Å². The lowest BCUT2D eigenvalue weighted by Gasteiger charge is -2.22. The molecular weight excluding hydrogens is 299 g/mol. The molecule has 1 aromatic carbocycles. The highest BCUT2D eigenvalue weighted by molar-refractivity contribution is 6.35. The number of aliphatic hydroxyl groups excluding tert-OH is 1. The second-order valence-corrected chi connectivity index (χ2v) is 5.78. The molecule has 6 heteroatoms. The maximum absolute atomic E-state index is 11.9. The molecule has 2 rings (SSSR count). The van der Waals surface area contributed by atoms with E-state index in [4.69, 9.17) is 23.2 Å². The maximum atomic E-state index is 11.9. The number of hydrogen-bond donors (Lipinski definition) is 2. The average Bonchev–Trinajstić information content (AvgIpc) is 2.88. The van der Waals surface area contributed by atoms with Gasteiger partial charge in [0.2, 0.25) is 5.91 Å². The lowest BCUT2D eigenvalue weighted by molar-refractivity contribution is -0.116. The summed E-state index contributed by atoms with van der Waals surface area (Å²) in [5, 5.41) is 13.0. The van der Waals surface area contributed by atoms with Crippen molar-refractivity contribution in [3.63, 3.8) is 0 Å². The number of nitrogens with zero attached hydrogens (tertiary/aromatic N) is 1. The van der Waals surface area contributed by atoms with Crippen LogP contribution < -0.4 is 5.32 Å². The van der Waals surface area contributed by atoms with Gasteiger partial charge >= 0.3 is 0 Å². The van der Waals surface area contributed by atoms with E-state index in [1.54, 1.807) is 18.2 Å². The standard InChI is InChI=1S/C14H18Cl2N2O2/c15-10-3-4-12(16)13(8-10)17-14(20)5-7-18-6-1-2-11(18)9-19/h3-4,8,11,19H,1-2,5-7,9H2,(H,17,20)/t11-/m1/s1. The molecule has 110 valence electrons. The molecule has 1 amide bonds. The van der Waals surface area contributed by atoms with Crippen molar-refractivity contribution in [2.45, 2.75) is 25.3 Å². The van der Waals surface area contributed by atoms with Gasteiger partial charge in [-0.25, -0.2) is 0 Å². The molecule has 1 saturated heterocycles. The number of nitrogens with one attached hydrogen (secondary N) is 1. The molecule has 0 unspecified atom stereocenters. The number of halogens is 2. The van der Waals surface area contributed by atoms with Gasteiger partial charge in [0.1, 0.15) is 0 Å². The molecule has 0 radical (unpaired) electrons.